The normalized spacial score (nSPS) is 24.0. The highest BCUT2D eigenvalue weighted by Crippen LogP contribution is 2.48. The fourth-order valence-corrected chi connectivity index (χ4v) is 2.53. The van der Waals surface area contributed by atoms with Gasteiger partial charge in [0, 0.05) is 12.5 Å². The maximum atomic E-state index is 12.7. The van der Waals surface area contributed by atoms with Crippen molar-refractivity contribution < 1.29 is 41.0 Å². The summed E-state index contributed by atoms with van der Waals surface area (Å²) in [6, 6.07) is 0. The third-order valence-corrected chi connectivity index (χ3v) is 3.77. The summed E-state index contributed by atoms with van der Waals surface area (Å²) in [5.74, 6) is -2.15. The lowest BCUT2D eigenvalue weighted by molar-refractivity contribution is -0.374. The Morgan fingerprint density at radius 2 is 1.64 bits per heavy atom. The van der Waals surface area contributed by atoms with Crippen molar-refractivity contribution in [3.05, 3.63) is 12.7 Å². The van der Waals surface area contributed by atoms with Crippen molar-refractivity contribution in [3.63, 3.8) is 0 Å². The molecule has 1 saturated carbocycles. The molecule has 0 bridgehead atoms. The van der Waals surface area contributed by atoms with E-state index < -0.39 is 42.4 Å². The number of rotatable bonds is 4. The van der Waals surface area contributed by atoms with E-state index in [1.165, 1.54) is 0 Å². The average molecular weight is 334 g/mol. The summed E-state index contributed by atoms with van der Waals surface area (Å²) in [6.07, 6.45) is -12.6. The summed E-state index contributed by atoms with van der Waals surface area (Å²) in [5.41, 5.74) is -4.82. The van der Waals surface area contributed by atoms with E-state index in [0.29, 0.717) is 12.8 Å². The van der Waals surface area contributed by atoms with E-state index in [2.05, 4.69) is 6.58 Å². The molecule has 0 spiro atoms. The third kappa shape index (κ3) is 3.93. The van der Waals surface area contributed by atoms with Crippen LogP contribution in [0, 0.1) is 5.92 Å². The first kappa shape index (κ1) is 18.8. The van der Waals surface area contributed by atoms with Crippen molar-refractivity contribution in [3.8, 4) is 0 Å². The molecule has 0 heterocycles. The van der Waals surface area contributed by atoms with Gasteiger partial charge in [-0.05, 0) is 25.2 Å². The van der Waals surface area contributed by atoms with Gasteiger partial charge < -0.3 is 9.84 Å². The molecule has 2 unspecified atom stereocenters. The summed E-state index contributed by atoms with van der Waals surface area (Å²) < 4.78 is 81.1. The number of carbonyl (C=O) groups excluding carboxylic acids is 1. The smallest absolute Gasteiger partial charge is 0.426 e. The van der Waals surface area contributed by atoms with Crippen LogP contribution in [0.3, 0.4) is 0 Å². The summed E-state index contributed by atoms with van der Waals surface area (Å²) in [4.78, 5) is 11.1. The molecule has 1 N–H and O–H groups in total. The Balaban J connectivity index is 2.99. The molecule has 1 aliphatic rings. The minimum Gasteiger partial charge on any atom is -0.459 e. The lowest BCUT2D eigenvalue weighted by Gasteiger charge is -2.38. The number of hydrogen-bond donors (Lipinski definition) is 1. The predicted octanol–water partition coefficient (Wildman–Crippen LogP) is 3.52. The van der Waals surface area contributed by atoms with Gasteiger partial charge in [0.1, 0.15) is 6.10 Å². The van der Waals surface area contributed by atoms with Crippen molar-refractivity contribution in [2.45, 2.75) is 56.2 Å². The number of aliphatic hydroxyl groups is 1. The van der Waals surface area contributed by atoms with E-state index in [1.54, 1.807) is 0 Å². The molecule has 0 aromatic carbocycles. The number of halogens is 6. The number of carbonyl (C=O) groups is 1. The summed E-state index contributed by atoms with van der Waals surface area (Å²) in [6.45, 7) is 3.12. The molecule has 1 aliphatic carbocycles. The van der Waals surface area contributed by atoms with E-state index in [1.807, 2.05) is 0 Å². The Morgan fingerprint density at radius 3 is 2.09 bits per heavy atom. The summed E-state index contributed by atoms with van der Waals surface area (Å²) in [7, 11) is 0. The van der Waals surface area contributed by atoms with Crippen LogP contribution in [0.1, 0.15) is 32.1 Å². The molecule has 0 saturated heterocycles. The predicted molar refractivity (Wildman–Crippen MR) is 63.7 cm³/mol. The molecule has 0 aromatic heterocycles. The van der Waals surface area contributed by atoms with E-state index in [-0.39, 0.29) is 12.8 Å². The van der Waals surface area contributed by atoms with E-state index >= 15 is 0 Å². The van der Waals surface area contributed by atoms with Gasteiger partial charge in [-0.15, -0.1) is 0 Å². The van der Waals surface area contributed by atoms with Crippen LogP contribution in [-0.2, 0) is 9.53 Å². The van der Waals surface area contributed by atoms with Crippen LogP contribution in [0.15, 0.2) is 12.7 Å². The highest BCUT2D eigenvalue weighted by molar-refractivity contribution is 5.81. The van der Waals surface area contributed by atoms with Gasteiger partial charge in [0.05, 0.1) is 0 Å². The molecule has 0 radical (unpaired) electrons. The molecule has 0 aliphatic heterocycles. The van der Waals surface area contributed by atoms with Crippen molar-refractivity contribution in [1.29, 1.82) is 0 Å². The second-order valence-electron chi connectivity index (χ2n) is 5.28. The Labute approximate surface area is 122 Å². The van der Waals surface area contributed by atoms with Crippen molar-refractivity contribution >= 4 is 5.97 Å². The maximum Gasteiger partial charge on any atom is 0.426 e. The Kier molecular flexibility index (Phi) is 5.53. The van der Waals surface area contributed by atoms with Crippen molar-refractivity contribution in [2.24, 2.45) is 5.92 Å². The molecular weight excluding hydrogens is 318 g/mol. The molecule has 0 amide bonds. The second kappa shape index (κ2) is 6.47. The molecule has 1 fully saturated rings. The van der Waals surface area contributed by atoms with Gasteiger partial charge in [0.25, 0.3) is 5.60 Å². The molecule has 9 heteroatoms. The van der Waals surface area contributed by atoms with Gasteiger partial charge in [-0.1, -0.05) is 13.0 Å². The Bertz CT molecular complexity index is 401. The minimum atomic E-state index is -5.87. The first-order chi connectivity index (χ1) is 9.92. The highest BCUT2D eigenvalue weighted by Gasteiger charge is 2.70. The van der Waals surface area contributed by atoms with E-state index in [9.17, 15) is 36.2 Å². The van der Waals surface area contributed by atoms with Gasteiger partial charge in [-0.3, -0.25) is 0 Å². The van der Waals surface area contributed by atoms with E-state index in [0.717, 1.165) is 6.08 Å². The van der Waals surface area contributed by atoms with Crippen LogP contribution < -0.4 is 0 Å². The number of ether oxygens (including phenoxy) is 1. The fourth-order valence-electron chi connectivity index (χ4n) is 2.53. The van der Waals surface area contributed by atoms with Crippen LogP contribution >= 0.6 is 0 Å². The molecular formula is C13H16F6O3. The average Bonchev–Trinajstić information content (AvgIpc) is 2.38. The second-order valence-corrected chi connectivity index (χ2v) is 5.28. The standard InChI is InChI=1S/C13H16F6O3/c1-2-10(20)22-9-6-4-3-5-8(9)7-11(21,12(14,15)16)13(17,18)19/h2,8-9,21H,1,3-7H2. The van der Waals surface area contributed by atoms with E-state index in [4.69, 9.17) is 4.74 Å². The van der Waals surface area contributed by atoms with Crippen LogP contribution in [0.2, 0.25) is 0 Å². The third-order valence-electron chi connectivity index (χ3n) is 3.77. The van der Waals surface area contributed by atoms with Crippen molar-refractivity contribution in [1.82, 2.24) is 0 Å². The minimum absolute atomic E-state index is 0.00353. The zero-order valence-corrected chi connectivity index (χ0v) is 11.5. The summed E-state index contributed by atoms with van der Waals surface area (Å²) >= 11 is 0. The lowest BCUT2D eigenvalue weighted by atomic mass is 9.78. The Morgan fingerprint density at radius 1 is 1.14 bits per heavy atom. The largest absolute Gasteiger partial charge is 0.459 e. The molecule has 2 atom stereocenters. The van der Waals surface area contributed by atoms with Gasteiger partial charge in [0.15, 0.2) is 0 Å². The van der Waals surface area contributed by atoms with Crippen LogP contribution in [0.4, 0.5) is 26.3 Å². The van der Waals surface area contributed by atoms with Gasteiger partial charge in [-0.2, -0.15) is 26.3 Å². The maximum absolute atomic E-state index is 12.7. The quantitative estimate of drug-likeness (QED) is 0.486. The van der Waals surface area contributed by atoms with Crippen molar-refractivity contribution in [2.75, 3.05) is 0 Å². The summed E-state index contributed by atoms with van der Waals surface area (Å²) in [5, 5.41) is 9.24. The fraction of sp³-hybridized carbons (Fsp3) is 0.769. The number of alkyl halides is 6. The highest BCUT2D eigenvalue weighted by atomic mass is 19.4. The molecule has 22 heavy (non-hydrogen) atoms. The number of esters is 1. The SMILES string of the molecule is C=CC(=O)OC1CCCCC1CC(O)(C(F)(F)F)C(F)(F)F. The Hall–Kier alpha value is -1.25. The van der Waals surface area contributed by atoms with Crippen LogP contribution in [-0.4, -0.2) is 35.1 Å². The monoisotopic (exact) mass is 334 g/mol. The zero-order chi connectivity index (χ0) is 17.2. The first-order valence-corrected chi connectivity index (χ1v) is 6.61. The van der Waals surface area contributed by atoms with Gasteiger partial charge in [0.2, 0.25) is 0 Å². The first-order valence-electron chi connectivity index (χ1n) is 6.61. The van der Waals surface area contributed by atoms with Crippen LogP contribution in [0.5, 0.6) is 0 Å². The molecule has 3 nitrogen and oxygen atoms in total. The van der Waals surface area contributed by atoms with Gasteiger partial charge >= 0.3 is 18.3 Å². The lowest BCUT2D eigenvalue weighted by Crippen LogP contribution is -2.58. The van der Waals surface area contributed by atoms with Crippen LogP contribution in [0.25, 0.3) is 0 Å². The molecule has 128 valence electrons. The zero-order valence-electron chi connectivity index (χ0n) is 11.5. The van der Waals surface area contributed by atoms with Gasteiger partial charge in [-0.25, -0.2) is 4.79 Å². The topological polar surface area (TPSA) is 46.5 Å². The molecule has 0 aromatic rings. The molecule has 1 rings (SSSR count). The number of hydrogen-bond acceptors (Lipinski definition) is 3.